The molecule has 5 amide bonds. The SMILES string of the molecule is CC(NC(=O)c1ccc2ccccc2n1)C(=O)N[C@@H](CCC(=O)NC(CCCCN)C(N)=O)C(N)=O. The fraction of sp³-hybridized carbons (Fsp3) is 0.417. The molecule has 0 spiro atoms. The average molecular weight is 500 g/mol. The van der Waals surface area contributed by atoms with Crippen LogP contribution in [-0.4, -0.2) is 59.2 Å². The molecule has 1 aromatic heterocycles. The zero-order valence-electron chi connectivity index (χ0n) is 20.2. The Balaban J connectivity index is 1.89. The summed E-state index contributed by atoms with van der Waals surface area (Å²) >= 11 is 0. The maximum Gasteiger partial charge on any atom is 0.270 e. The van der Waals surface area contributed by atoms with Gasteiger partial charge in [0.25, 0.3) is 5.91 Å². The predicted molar refractivity (Wildman–Crippen MR) is 133 cm³/mol. The van der Waals surface area contributed by atoms with Crippen molar-refractivity contribution in [2.75, 3.05) is 6.54 Å². The Labute approximate surface area is 208 Å². The highest BCUT2D eigenvalue weighted by Gasteiger charge is 2.25. The number of benzene rings is 1. The molecule has 3 atom stereocenters. The van der Waals surface area contributed by atoms with E-state index in [4.69, 9.17) is 17.2 Å². The number of unbranched alkanes of at least 4 members (excludes halogenated alkanes) is 1. The number of hydrogen-bond donors (Lipinski definition) is 6. The minimum absolute atomic E-state index is 0.103. The van der Waals surface area contributed by atoms with Crippen LogP contribution in [0.3, 0.4) is 0 Å². The van der Waals surface area contributed by atoms with Crippen LogP contribution in [-0.2, 0) is 19.2 Å². The first kappa shape index (κ1) is 28.2. The molecule has 0 aliphatic heterocycles. The van der Waals surface area contributed by atoms with Gasteiger partial charge in [-0.2, -0.15) is 0 Å². The monoisotopic (exact) mass is 499 g/mol. The van der Waals surface area contributed by atoms with E-state index >= 15 is 0 Å². The Morgan fingerprint density at radius 2 is 1.53 bits per heavy atom. The minimum Gasteiger partial charge on any atom is -0.368 e. The number of amides is 5. The Morgan fingerprint density at radius 1 is 0.861 bits per heavy atom. The number of para-hydroxylation sites is 1. The fourth-order valence-corrected chi connectivity index (χ4v) is 3.43. The molecule has 0 aliphatic rings. The summed E-state index contributed by atoms with van der Waals surface area (Å²) in [6.45, 7) is 1.90. The second-order valence-electron chi connectivity index (χ2n) is 8.39. The van der Waals surface area contributed by atoms with E-state index in [1.54, 1.807) is 24.3 Å². The summed E-state index contributed by atoms with van der Waals surface area (Å²) in [6.07, 6.45) is 1.35. The van der Waals surface area contributed by atoms with Crippen molar-refractivity contribution < 1.29 is 24.0 Å². The minimum atomic E-state index is -1.16. The largest absolute Gasteiger partial charge is 0.368 e. The lowest BCUT2D eigenvalue weighted by atomic mass is 10.1. The quantitative estimate of drug-likeness (QED) is 0.182. The number of rotatable bonds is 14. The van der Waals surface area contributed by atoms with Gasteiger partial charge >= 0.3 is 0 Å². The summed E-state index contributed by atoms with van der Waals surface area (Å²) in [5, 5.41) is 8.36. The molecule has 0 saturated carbocycles. The molecule has 2 unspecified atom stereocenters. The summed E-state index contributed by atoms with van der Waals surface area (Å²) in [5.41, 5.74) is 16.9. The van der Waals surface area contributed by atoms with Crippen LogP contribution in [0.15, 0.2) is 36.4 Å². The summed E-state index contributed by atoms with van der Waals surface area (Å²) < 4.78 is 0. The number of pyridine rings is 1. The molecule has 2 aromatic rings. The molecule has 0 radical (unpaired) electrons. The van der Waals surface area contributed by atoms with Gasteiger partial charge in [-0.1, -0.05) is 24.3 Å². The van der Waals surface area contributed by atoms with E-state index in [0.717, 1.165) is 5.39 Å². The molecule has 9 N–H and O–H groups in total. The van der Waals surface area contributed by atoms with Crippen molar-refractivity contribution in [3.63, 3.8) is 0 Å². The van der Waals surface area contributed by atoms with Gasteiger partial charge in [-0.05, 0) is 51.3 Å². The molecule has 1 aromatic carbocycles. The van der Waals surface area contributed by atoms with Crippen LogP contribution in [0, 0.1) is 0 Å². The van der Waals surface area contributed by atoms with Gasteiger partial charge in [-0.3, -0.25) is 24.0 Å². The van der Waals surface area contributed by atoms with Gasteiger partial charge in [0, 0.05) is 11.8 Å². The number of nitrogens with two attached hydrogens (primary N) is 3. The van der Waals surface area contributed by atoms with Crippen LogP contribution in [0.1, 0.15) is 49.5 Å². The van der Waals surface area contributed by atoms with Crippen molar-refractivity contribution >= 4 is 40.4 Å². The van der Waals surface area contributed by atoms with Gasteiger partial charge in [0.05, 0.1) is 5.52 Å². The van der Waals surface area contributed by atoms with Crippen molar-refractivity contribution in [3.8, 4) is 0 Å². The molecule has 12 heteroatoms. The Hall–Kier alpha value is -4.06. The van der Waals surface area contributed by atoms with Gasteiger partial charge in [0.2, 0.25) is 23.6 Å². The summed E-state index contributed by atoms with van der Waals surface area (Å²) in [5.74, 6) is -3.27. The normalized spacial score (nSPS) is 13.3. The van der Waals surface area contributed by atoms with E-state index in [9.17, 15) is 24.0 Å². The molecular weight excluding hydrogens is 466 g/mol. The first-order valence-corrected chi connectivity index (χ1v) is 11.7. The van der Waals surface area contributed by atoms with Crippen LogP contribution in [0.25, 0.3) is 10.9 Å². The summed E-state index contributed by atoms with van der Waals surface area (Å²) in [4.78, 5) is 65.1. The van der Waals surface area contributed by atoms with Gasteiger partial charge in [-0.15, -0.1) is 0 Å². The number of carbonyl (C=O) groups excluding carboxylic acids is 5. The average Bonchev–Trinajstić information content (AvgIpc) is 2.85. The van der Waals surface area contributed by atoms with Crippen molar-refractivity contribution in [2.45, 2.75) is 57.2 Å². The topological polar surface area (TPSA) is 212 Å². The lowest BCUT2D eigenvalue weighted by Crippen LogP contribution is -2.52. The number of nitrogens with zero attached hydrogens (tertiary/aromatic N) is 1. The number of aromatic nitrogens is 1. The van der Waals surface area contributed by atoms with Crippen LogP contribution in [0.2, 0.25) is 0 Å². The maximum atomic E-state index is 12.6. The van der Waals surface area contributed by atoms with E-state index in [-0.39, 0.29) is 18.5 Å². The van der Waals surface area contributed by atoms with Crippen LogP contribution < -0.4 is 33.2 Å². The molecule has 0 bridgehead atoms. The van der Waals surface area contributed by atoms with Crippen molar-refractivity contribution in [1.29, 1.82) is 0 Å². The first-order chi connectivity index (χ1) is 17.1. The van der Waals surface area contributed by atoms with Gasteiger partial charge in [0.1, 0.15) is 23.8 Å². The molecule has 12 nitrogen and oxygen atoms in total. The molecule has 1 heterocycles. The Morgan fingerprint density at radius 3 is 2.19 bits per heavy atom. The Kier molecular flexibility index (Phi) is 10.7. The van der Waals surface area contributed by atoms with Crippen molar-refractivity contribution in [2.24, 2.45) is 17.2 Å². The van der Waals surface area contributed by atoms with Crippen LogP contribution in [0.5, 0.6) is 0 Å². The molecular formula is C24H33N7O5. The second kappa shape index (κ2) is 13.7. The van der Waals surface area contributed by atoms with Crippen LogP contribution >= 0.6 is 0 Å². The number of nitrogens with one attached hydrogen (secondary N) is 3. The summed E-state index contributed by atoms with van der Waals surface area (Å²) in [7, 11) is 0. The predicted octanol–water partition coefficient (Wildman–Crippen LogP) is -0.797. The Bertz CT molecular complexity index is 1110. The lowest BCUT2D eigenvalue weighted by Gasteiger charge is -2.20. The molecule has 0 fully saturated rings. The zero-order valence-corrected chi connectivity index (χ0v) is 20.2. The fourth-order valence-electron chi connectivity index (χ4n) is 3.43. The number of primary amides is 2. The maximum absolute atomic E-state index is 12.6. The van der Waals surface area contributed by atoms with Crippen molar-refractivity contribution in [1.82, 2.24) is 20.9 Å². The third-order valence-corrected chi connectivity index (χ3v) is 5.52. The highest BCUT2D eigenvalue weighted by atomic mass is 16.2. The molecule has 36 heavy (non-hydrogen) atoms. The third-order valence-electron chi connectivity index (χ3n) is 5.52. The lowest BCUT2D eigenvalue weighted by molar-refractivity contribution is -0.130. The van der Waals surface area contributed by atoms with Gasteiger partial charge < -0.3 is 33.2 Å². The zero-order chi connectivity index (χ0) is 26.7. The standard InChI is InChI=1S/C24H33N7O5/c1-14(28-24(36)19-10-9-15-6-2-3-7-16(15)29-19)23(35)31-18(22(27)34)11-12-20(32)30-17(21(26)33)8-4-5-13-25/h2-3,6-7,9-10,14,17-18H,4-5,8,11-13,25H2,1H3,(H2,26,33)(H2,27,34)(H,28,36)(H,30,32)(H,31,35)/t14?,17?,18-/m0/s1. The highest BCUT2D eigenvalue weighted by molar-refractivity contribution is 5.98. The molecule has 0 aliphatic carbocycles. The van der Waals surface area contributed by atoms with E-state index < -0.39 is 47.7 Å². The van der Waals surface area contributed by atoms with Gasteiger partial charge in [-0.25, -0.2) is 4.98 Å². The number of fused-ring (bicyclic) bond motifs is 1. The number of hydrogen-bond acceptors (Lipinski definition) is 7. The molecule has 194 valence electrons. The smallest absolute Gasteiger partial charge is 0.270 e. The van der Waals surface area contributed by atoms with E-state index in [2.05, 4.69) is 20.9 Å². The number of carbonyl (C=O) groups is 5. The highest BCUT2D eigenvalue weighted by Crippen LogP contribution is 2.12. The van der Waals surface area contributed by atoms with Crippen LogP contribution in [0.4, 0.5) is 0 Å². The third kappa shape index (κ3) is 8.62. The summed E-state index contributed by atoms with van der Waals surface area (Å²) in [6, 6.07) is 7.54. The van der Waals surface area contributed by atoms with E-state index in [1.165, 1.54) is 6.92 Å². The second-order valence-corrected chi connectivity index (χ2v) is 8.39. The van der Waals surface area contributed by atoms with E-state index in [0.29, 0.717) is 31.3 Å². The molecule has 2 rings (SSSR count). The first-order valence-electron chi connectivity index (χ1n) is 11.7. The van der Waals surface area contributed by atoms with Gasteiger partial charge in [0.15, 0.2) is 0 Å². The molecule has 0 saturated heterocycles. The van der Waals surface area contributed by atoms with E-state index in [1.807, 2.05) is 12.1 Å². The van der Waals surface area contributed by atoms with Crippen molar-refractivity contribution in [3.05, 3.63) is 42.1 Å².